The second-order valence-electron chi connectivity index (χ2n) is 5.08. The van der Waals surface area contributed by atoms with E-state index in [0.29, 0.717) is 13.1 Å². The van der Waals surface area contributed by atoms with Gasteiger partial charge in [0.1, 0.15) is 0 Å². The van der Waals surface area contributed by atoms with Crippen LogP contribution in [0.2, 0.25) is 0 Å². The minimum Gasteiger partial charge on any atom is -0.392 e. The Hall–Kier alpha value is -1.46. The maximum Gasteiger partial charge on any atom is 0.266 e. The second-order valence-corrected chi connectivity index (χ2v) is 5.08. The lowest BCUT2D eigenvalue weighted by Gasteiger charge is -2.29. The quantitative estimate of drug-likeness (QED) is 0.784. The second kappa shape index (κ2) is 6.12. The van der Waals surface area contributed by atoms with Gasteiger partial charge in [-0.15, -0.1) is 6.58 Å². The van der Waals surface area contributed by atoms with Crippen LogP contribution in [0, 0.1) is 0 Å². The van der Waals surface area contributed by atoms with Crippen molar-refractivity contribution < 1.29 is 5.11 Å². The highest BCUT2D eigenvalue weighted by molar-refractivity contribution is 5.20. The fourth-order valence-corrected chi connectivity index (χ4v) is 2.41. The smallest absolute Gasteiger partial charge is 0.266 e. The number of hydrogen-bond acceptors (Lipinski definition) is 4. The maximum atomic E-state index is 11.6. The van der Waals surface area contributed by atoms with Crippen LogP contribution in [0.4, 0.5) is 0 Å². The molecule has 19 heavy (non-hydrogen) atoms. The van der Waals surface area contributed by atoms with Gasteiger partial charge in [0.2, 0.25) is 0 Å². The summed E-state index contributed by atoms with van der Waals surface area (Å²) in [6.07, 6.45) is 3.88. The van der Waals surface area contributed by atoms with Gasteiger partial charge in [0.05, 0.1) is 11.8 Å². The molecule has 1 aromatic rings. The van der Waals surface area contributed by atoms with E-state index < -0.39 is 0 Å². The van der Waals surface area contributed by atoms with Crippen LogP contribution in [0.25, 0.3) is 0 Å². The first-order chi connectivity index (χ1) is 9.10. The molecule has 0 saturated carbocycles. The molecule has 5 heteroatoms. The van der Waals surface area contributed by atoms with E-state index in [2.05, 4.69) is 16.6 Å². The summed E-state index contributed by atoms with van der Waals surface area (Å²) in [5.74, 6) is 0. The SMILES string of the molecule is C=CCCC(O)CN1CCc2nn(C)c(=O)cc2C1. The van der Waals surface area contributed by atoms with Crippen LogP contribution in [-0.2, 0) is 20.0 Å². The average molecular weight is 263 g/mol. The topological polar surface area (TPSA) is 58.4 Å². The summed E-state index contributed by atoms with van der Waals surface area (Å²) in [6, 6.07) is 1.66. The third-order valence-corrected chi connectivity index (χ3v) is 3.49. The molecule has 0 spiro atoms. The van der Waals surface area contributed by atoms with Gasteiger partial charge in [-0.1, -0.05) is 6.08 Å². The van der Waals surface area contributed by atoms with E-state index in [4.69, 9.17) is 0 Å². The number of β-amino-alcohol motifs (C(OH)–C–C–N with tert-alkyl or cyclic N) is 1. The normalized spacial score (nSPS) is 16.9. The van der Waals surface area contributed by atoms with E-state index >= 15 is 0 Å². The van der Waals surface area contributed by atoms with E-state index in [-0.39, 0.29) is 11.7 Å². The number of aromatic nitrogens is 2. The van der Waals surface area contributed by atoms with Crippen LogP contribution >= 0.6 is 0 Å². The van der Waals surface area contributed by atoms with E-state index in [1.54, 1.807) is 13.1 Å². The van der Waals surface area contributed by atoms with Crippen molar-refractivity contribution in [2.45, 2.75) is 31.9 Å². The molecule has 1 aliphatic heterocycles. The van der Waals surface area contributed by atoms with Crippen LogP contribution < -0.4 is 5.56 Å². The van der Waals surface area contributed by atoms with Gasteiger partial charge in [0, 0.05) is 39.2 Å². The number of allylic oxidation sites excluding steroid dienone is 1. The Morgan fingerprint density at radius 1 is 1.63 bits per heavy atom. The summed E-state index contributed by atoms with van der Waals surface area (Å²) in [4.78, 5) is 13.8. The van der Waals surface area contributed by atoms with Crippen LogP contribution in [0.1, 0.15) is 24.1 Å². The number of aliphatic hydroxyl groups excluding tert-OH is 1. The summed E-state index contributed by atoms with van der Waals surface area (Å²) in [6.45, 7) is 5.87. The van der Waals surface area contributed by atoms with Crippen LogP contribution in [-0.4, -0.2) is 39.0 Å². The van der Waals surface area contributed by atoms with E-state index in [0.717, 1.165) is 37.1 Å². The molecule has 1 aliphatic rings. The average Bonchev–Trinajstić information content (AvgIpc) is 2.38. The predicted molar refractivity (Wildman–Crippen MR) is 73.9 cm³/mol. The standard InChI is InChI=1S/C14H21N3O2/c1-3-4-5-12(18)10-17-7-6-13-11(9-17)8-14(19)16(2)15-13/h3,8,12,18H,1,4-7,9-10H2,2H3. The van der Waals surface area contributed by atoms with Gasteiger partial charge in [-0.3, -0.25) is 9.69 Å². The molecule has 1 aromatic heterocycles. The van der Waals surface area contributed by atoms with E-state index in [1.807, 2.05) is 6.08 Å². The van der Waals surface area contributed by atoms with Crippen LogP contribution in [0.15, 0.2) is 23.5 Å². The molecule has 0 aromatic carbocycles. The number of hydrogen-bond donors (Lipinski definition) is 1. The molecule has 0 bridgehead atoms. The first kappa shape index (κ1) is 14.0. The van der Waals surface area contributed by atoms with Crippen LogP contribution in [0.5, 0.6) is 0 Å². The fraction of sp³-hybridized carbons (Fsp3) is 0.571. The molecule has 104 valence electrons. The lowest BCUT2D eigenvalue weighted by atomic mass is 10.1. The van der Waals surface area contributed by atoms with Gasteiger partial charge in [0.25, 0.3) is 5.56 Å². The number of fused-ring (bicyclic) bond motifs is 1. The first-order valence-corrected chi connectivity index (χ1v) is 6.67. The van der Waals surface area contributed by atoms with E-state index in [1.165, 1.54) is 4.68 Å². The molecule has 0 radical (unpaired) electrons. The molecular formula is C14H21N3O2. The molecule has 0 saturated heterocycles. The van der Waals surface area contributed by atoms with Crippen molar-refractivity contribution in [2.24, 2.45) is 7.05 Å². The maximum absolute atomic E-state index is 11.6. The van der Waals surface area contributed by atoms with Gasteiger partial charge >= 0.3 is 0 Å². The highest BCUT2D eigenvalue weighted by Crippen LogP contribution is 2.15. The summed E-state index contributed by atoms with van der Waals surface area (Å²) in [7, 11) is 1.67. The van der Waals surface area contributed by atoms with Crippen molar-refractivity contribution in [1.29, 1.82) is 0 Å². The van der Waals surface area contributed by atoms with Crippen molar-refractivity contribution in [2.75, 3.05) is 13.1 Å². The number of nitrogens with zero attached hydrogens (tertiary/aromatic N) is 3. The Morgan fingerprint density at radius 2 is 2.42 bits per heavy atom. The number of rotatable bonds is 5. The van der Waals surface area contributed by atoms with E-state index in [9.17, 15) is 9.90 Å². The van der Waals surface area contributed by atoms with Crippen molar-refractivity contribution in [3.8, 4) is 0 Å². The van der Waals surface area contributed by atoms with Gasteiger partial charge in [-0.25, -0.2) is 4.68 Å². The zero-order valence-corrected chi connectivity index (χ0v) is 11.4. The molecule has 2 rings (SSSR count). The minimum absolute atomic E-state index is 0.0761. The molecule has 2 heterocycles. The summed E-state index contributed by atoms with van der Waals surface area (Å²) in [5.41, 5.74) is 1.91. The molecule has 1 N–H and O–H groups in total. The lowest BCUT2D eigenvalue weighted by Crippen LogP contribution is -2.38. The zero-order chi connectivity index (χ0) is 13.8. The Balaban J connectivity index is 2.00. The summed E-state index contributed by atoms with van der Waals surface area (Å²) in [5, 5.41) is 14.2. The molecule has 1 unspecified atom stereocenters. The molecule has 0 amide bonds. The lowest BCUT2D eigenvalue weighted by molar-refractivity contribution is 0.0987. The monoisotopic (exact) mass is 263 g/mol. The van der Waals surface area contributed by atoms with Crippen LogP contribution in [0.3, 0.4) is 0 Å². The Bertz CT molecular complexity index is 510. The Morgan fingerprint density at radius 3 is 3.16 bits per heavy atom. The van der Waals surface area contributed by atoms with Gasteiger partial charge in [-0.05, 0) is 18.4 Å². The van der Waals surface area contributed by atoms with Crippen molar-refractivity contribution in [3.63, 3.8) is 0 Å². The zero-order valence-electron chi connectivity index (χ0n) is 11.4. The minimum atomic E-state index is -0.334. The third-order valence-electron chi connectivity index (χ3n) is 3.49. The molecule has 0 aliphatic carbocycles. The largest absolute Gasteiger partial charge is 0.392 e. The third kappa shape index (κ3) is 3.52. The highest BCUT2D eigenvalue weighted by atomic mass is 16.3. The van der Waals surface area contributed by atoms with Gasteiger partial charge in [0.15, 0.2) is 0 Å². The molecule has 5 nitrogen and oxygen atoms in total. The summed E-state index contributed by atoms with van der Waals surface area (Å²) >= 11 is 0. The van der Waals surface area contributed by atoms with Gasteiger partial charge in [-0.2, -0.15) is 5.10 Å². The van der Waals surface area contributed by atoms with Gasteiger partial charge < -0.3 is 5.11 Å². The number of aliphatic hydroxyl groups is 1. The fourth-order valence-electron chi connectivity index (χ4n) is 2.41. The molecular weight excluding hydrogens is 242 g/mol. The number of aryl methyl sites for hydroxylation is 1. The summed E-state index contributed by atoms with van der Waals surface area (Å²) < 4.78 is 1.38. The van der Waals surface area contributed by atoms with Crippen molar-refractivity contribution in [1.82, 2.24) is 14.7 Å². The highest BCUT2D eigenvalue weighted by Gasteiger charge is 2.20. The molecule has 0 fully saturated rings. The Labute approximate surface area is 113 Å². The predicted octanol–water partition coefficient (Wildman–Crippen LogP) is 0.465. The van der Waals surface area contributed by atoms with Crippen molar-refractivity contribution in [3.05, 3.63) is 40.3 Å². The Kier molecular flexibility index (Phi) is 4.50. The molecule has 1 atom stereocenters. The first-order valence-electron chi connectivity index (χ1n) is 6.67. The van der Waals surface area contributed by atoms with Crippen molar-refractivity contribution >= 4 is 0 Å².